The highest BCUT2D eigenvalue weighted by atomic mass is 19.4. The maximum atomic E-state index is 12.8. The second-order valence-corrected chi connectivity index (χ2v) is 3.67. The Morgan fingerprint density at radius 3 is 2.61 bits per heavy atom. The Hall–Kier alpha value is -2.22. The van der Waals surface area contributed by atoms with E-state index in [4.69, 9.17) is 10.00 Å². The van der Waals surface area contributed by atoms with E-state index in [-0.39, 0.29) is 11.3 Å². The Bertz CT molecular complexity index is 565. The number of halogens is 3. The zero-order valence-electron chi connectivity index (χ0n) is 9.16. The van der Waals surface area contributed by atoms with Crippen LogP contribution in [0.25, 0.3) is 0 Å². The first-order valence-corrected chi connectivity index (χ1v) is 5.16. The van der Waals surface area contributed by atoms with Gasteiger partial charge in [0.25, 0.3) is 0 Å². The van der Waals surface area contributed by atoms with Gasteiger partial charge in [-0.05, 0) is 36.8 Å². The molecular formula is C13H8F3NO. The molecule has 18 heavy (non-hydrogen) atoms. The zero-order valence-corrected chi connectivity index (χ0v) is 9.16. The first kappa shape index (κ1) is 12.2. The fraction of sp³-hybridized carbons (Fsp3) is 0.154. The van der Waals surface area contributed by atoms with Gasteiger partial charge in [0.2, 0.25) is 0 Å². The van der Waals surface area contributed by atoms with Gasteiger partial charge in [-0.15, -0.1) is 0 Å². The molecule has 0 N–H and O–H groups in total. The predicted octanol–water partition coefficient (Wildman–Crippen LogP) is 3.80. The van der Waals surface area contributed by atoms with Crippen molar-refractivity contribution in [1.82, 2.24) is 0 Å². The monoisotopic (exact) mass is 251 g/mol. The molecule has 1 aliphatic rings. The smallest absolute Gasteiger partial charge is 0.419 e. The van der Waals surface area contributed by atoms with E-state index in [2.05, 4.69) is 0 Å². The van der Waals surface area contributed by atoms with Crippen LogP contribution in [0, 0.1) is 11.3 Å². The third-order valence-electron chi connectivity index (χ3n) is 2.38. The van der Waals surface area contributed by atoms with Crippen molar-refractivity contribution in [1.29, 1.82) is 5.26 Å². The molecule has 0 aromatic heterocycles. The number of nitriles is 1. The van der Waals surface area contributed by atoms with Crippen molar-refractivity contribution in [3.63, 3.8) is 0 Å². The molecular weight excluding hydrogens is 243 g/mol. The Balaban J connectivity index is 2.41. The van der Waals surface area contributed by atoms with Crippen molar-refractivity contribution in [2.75, 3.05) is 0 Å². The van der Waals surface area contributed by atoms with Gasteiger partial charge in [-0.1, -0.05) is 6.08 Å². The second kappa shape index (κ2) is 4.57. The summed E-state index contributed by atoms with van der Waals surface area (Å²) in [7, 11) is 0. The summed E-state index contributed by atoms with van der Waals surface area (Å²) in [6.07, 6.45) is 1.16. The Morgan fingerprint density at radius 1 is 1.28 bits per heavy atom. The number of nitrogens with zero attached hydrogens (tertiary/aromatic N) is 1. The van der Waals surface area contributed by atoms with Gasteiger partial charge in [0.1, 0.15) is 11.5 Å². The Morgan fingerprint density at radius 2 is 2.06 bits per heavy atom. The van der Waals surface area contributed by atoms with Crippen molar-refractivity contribution in [2.45, 2.75) is 12.6 Å². The summed E-state index contributed by atoms with van der Waals surface area (Å²) in [5.41, 5.74) is -0.761. The van der Waals surface area contributed by atoms with Crippen molar-refractivity contribution in [3.8, 4) is 11.8 Å². The molecule has 0 unspecified atom stereocenters. The molecule has 2 nitrogen and oxygen atoms in total. The number of allylic oxidation sites excluding steroid dienone is 3. The SMILES string of the molecule is N#Cc1ccc(C(F)(F)F)c(OC2=CCC=C2)c1. The topological polar surface area (TPSA) is 33.0 Å². The lowest BCUT2D eigenvalue weighted by molar-refractivity contribution is -0.138. The van der Waals surface area contributed by atoms with Crippen LogP contribution in [0.3, 0.4) is 0 Å². The van der Waals surface area contributed by atoms with Crippen LogP contribution in [-0.2, 0) is 6.18 Å². The van der Waals surface area contributed by atoms with Crippen LogP contribution >= 0.6 is 0 Å². The molecule has 0 radical (unpaired) electrons. The molecule has 0 bridgehead atoms. The number of alkyl halides is 3. The molecule has 0 amide bonds. The van der Waals surface area contributed by atoms with Crippen LogP contribution in [0.15, 0.2) is 42.2 Å². The van der Waals surface area contributed by atoms with Gasteiger partial charge in [-0.25, -0.2) is 0 Å². The lowest BCUT2D eigenvalue weighted by atomic mass is 10.1. The maximum Gasteiger partial charge on any atom is 0.419 e. The second-order valence-electron chi connectivity index (χ2n) is 3.67. The summed E-state index contributed by atoms with van der Waals surface area (Å²) in [5.74, 6) is 0.00920. The standard InChI is InChI=1S/C13H8F3NO/c14-13(15,16)11-6-5-9(8-17)7-12(11)18-10-3-1-2-4-10/h1,3-7H,2H2. The lowest BCUT2D eigenvalue weighted by Crippen LogP contribution is -2.08. The Kier molecular flexibility index (Phi) is 3.11. The van der Waals surface area contributed by atoms with E-state index in [1.54, 1.807) is 24.3 Å². The van der Waals surface area contributed by atoms with E-state index in [9.17, 15) is 13.2 Å². The van der Waals surface area contributed by atoms with E-state index >= 15 is 0 Å². The van der Waals surface area contributed by atoms with E-state index < -0.39 is 11.7 Å². The van der Waals surface area contributed by atoms with E-state index in [1.807, 2.05) is 0 Å². The fourth-order valence-corrected chi connectivity index (χ4v) is 1.55. The highest BCUT2D eigenvalue weighted by molar-refractivity contribution is 5.45. The van der Waals surface area contributed by atoms with Crippen molar-refractivity contribution < 1.29 is 17.9 Å². The zero-order chi connectivity index (χ0) is 13.2. The Labute approximate surface area is 102 Å². The lowest BCUT2D eigenvalue weighted by Gasteiger charge is -2.13. The minimum absolute atomic E-state index is 0.126. The molecule has 1 aromatic carbocycles. The summed E-state index contributed by atoms with van der Waals surface area (Å²) < 4.78 is 43.5. The van der Waals surface area contributed by atoms with Gasteiger partial charge < -0.3 is 4.74 Å². The summed E-state index contributed by atoms with van der Waals surface area (Å²) >= 11 is 0. The van der Waals surface area contributed by atoms with Gasteiger partial charge >= 0.3 is 6.18 Å². The van der Waals surface area contributed by atoms with Crippen LogP contribution in [0.2, 0.25) is 0 Å². The molecule has 92 valence electrons. The van der Waals surface area contributed by atoms with Crippen LogP contribution in [0.1, 0.15) is 17.5 Å². The minimum Gasteiger partial charge on any atom is -0.457 e. The summed E-state index contributed by atoms with van der Waals surface area (Å²) in [4.78, 5) is 0. The molecule has 0 spiro atoms. The number of benzene rings is 1. The molecule has 1 aromatic rings. The molecule has 0 aliphatic heterocycles. The van der Waals surface area contributed by atoms with E-state index in [0.717, 1.165) is 18.2 Å². The highest BCUT2D eigenvalue weighted by Gasteiger charge is 2.34. The number of hydrogen-bond acceptors (Lipinski definition) is 2. The van der Waals surface area contributed by atoms with Gasteiger partial charge in [-0.2, -0.15) is 18.4 Å². The normalized spacial score (nSPS) is 14.2. The first-order chi connectivity index (χ1) is 8.50. The summed E-state index contributed by atoms with van der Waals surface area (Å²) in [6, 6.07) is 4.85. The maximum absolute atomic E-state index is 12.8. The third kappa shape index (κ3) is 2.54. The van der Waals surface area contributed by atoms with Gasteiger partial charge in [0.15, 0.2) is 0 Å². The molecule has 2 rings (SSSR count). The summed E-state index contributed by atoms with van der Waals surface area (Å²) in [6.45, 7) is 0. The van der Waals surface area contributed by atoms with Crippen molar-refractivity contribution >= 4 is 0 Å². The fourth-order valence-electron chi connectivity index (χ4n) is 1.55. The minimum atomic E-state index is -4.51. The van der Waals surface area contributed by atoms with E-state index in [0.29, 0.717) is 12.2 Å². The third-order valence-corrected chi connectivity index (χ3v) is 2.38. The van der Waals surface area contributed by atoms with Gasteiger partial charge in [0, 0.05) is 0 Å². The van der Waals surface area contributed by atoms with Crippen LogP contribution in [-0.4, -0.2) is 0 Å². The average molecular weight is 251 g/mol. The molecule has 5 heteroatoms. The summed E-state index contributed by atoms with van der Waals surface area (Å²) in [5, 5.41) is 8.70. The largest absolute Gasteiger partial charge is 0.457 e. The molecule has 0 heterocycles. The van der Waals surface area contributed by atoms with Crippen molar-refractivity contribution in [2.24, 2.45) is 0 Å². The van der Waals surface area contributed by atoms with Gasteiger partial charge in [-0.3, -0.25) is 0 Å². The predicted molar refractivity (Wildman–Crippen MR) is 58.6 cm³/mol. The van der Waals surface area contributed by atoms with Crippen LogP contribution < -0.4 is 4.74 Å². The van der Waals surface area contributed by atoms with Crippen LogP contribution in [0.5, 0.6) is 5.75 Å². The highest BCUT2D eigenvalue weighted by Crippen LogP contribution is 2.37. The molecule has 1 aliphatic carbocycles. The van der Waals surface area contributed by atoms with Gasteiger partial charge in [0.05, 0.1) is 17.2 Å². The van der Waals surface area contributed by atoms with E-state index in [1.165, 1.54) is 0 Å². The van der Waals surface area contributed by atoms with Crippen LogP contribution in [0.4, 0.5) is 13.2 Å². The average Bonchev–Trinajstić information content (AvgIpc) is 2.80. The number of hydrogen-bond donors (Lipinski definition) is 0. The number of rotatable bonds is 2. The molecule has 0 saturated heterocycles. The first-order valence-electron chi connectivity index (χ1n) is 5.16. The quantitative estimate of drug-likeness (QED) is 0.800. The molecule has 0 fully saturated rings. The number of ether oxygens (including phenoxy) is 1. The van der Waals surface area contributed by atoms with Crippen molar-refractivity contribution in [3.05, 3.63) is 53.3 Å². The molecule has 0 saturated carbocycles. The molecule has 0 atom stereocenters.